The van der Waals surface area contributed by atoms with E-state index in [1.54, 1.807) is 30.0 Å². The summed E-state index contributed by atoms with van der Waals surface area (Å²) in [4.78, 5) is 18.6. The van der Waals surface area contributed by atoms with Gasteiger partial charge in [-0.3, -0.25) is 9.20 Å². The first-order chi connectivity index (χ1) is 11.2. The van der Waals surface area contributed by atoms with Crippen LogP contribution in [0.25, 0.3) is 4.96 Å². The minimum atomic E-state index is -0.557. The Bertz CT molecular complexity index is 767. The molecule has 1 amide bonds. The van der Waals surface area contributed by atoms with Crippen molar-refractivity contribution in [3.63, 3.8) is 0 Å². The molecule has 0 saturated heterocycles. The van der Waals surface area contributed by atoms with Crippen molar-refractivity contribution < 1.29 is 9.53 Å². The number of aromatic nitrogens is 2. The third-order valence-electron chi connectivity index (χ3n) is 3.33. The zero-order valence-corrected chi connectivity index (χ0v) is 14.5. The highest BCUT2D eigenvalue weighted by molar-refractivity contribution is 7.98. The smallest absolute Gasteiger partial charge is 0.261 e. The lowest BCUT2D eigenvalue weighted by Crippen LogP contribution is -2.35. The van der Waals surface area contributed by atoms with Gasteiger partial charge in [0, 0.05) is 22.7 Å². The first kappa shape index (κ1) is 15.9. The number of carbonyl (C=O) groups is 1. The van der Waals surface area contributed by atoms with E-state index in [4.69, 9.17) is 4.74 Å². The fraction of sp³-hybridized carbons (Fsp3) is 0.250. The molecule has 0 spiro atoms. The second-order valence-electron chi connectivity index (χ2n) is 4.98. The van der Waals surface area contributed by atoms with Gasteiger partial charge in [-0.05, 0) is 37.4 Å². The molecular weight excluding hydrogens is 330 g/mol. The van der Waals surface area contributed by atoms with E-state index in [2.05, 4.69) is 10.3 Å². The van der Waals surface area contributed by atoms with Gasteiger partial charge in [0.05, 0.1) is 12.2 Å². The van der Waals surface area contributed by atoms with Crippen molar-refractivity contribution in [2.75, 3.05) is 6.26 Å². The van der Waals surface area contributed by atoms with Gasteiger partial charge in [-0.1, -0.05) is 0 Å². The summed E-state index contributed by atoms with van der Waals surface area (Å²) in [6.07, 6.45) is 5.33. The normalized spacial score (nSPS) is 12.3. The van der Waals surface area contributed by atoms with E-state index in [1.165, 1.54) is 0 Å². The maximum atomic E-state index is 12.1. The summed E-state index contributed by atoms with van der Waals surface area (Å²) in [5.41, 5.74) is 0.835. The Kier molecular flexibility index (Phi) is 4.88. The van der Waals surface area contributed by atoms with Crippen molar-refractivity contribution in [2.24, 2.45) is 0 Å². The van der Waals surface area contributed by atoms with E-state index in [1.807, 2.05) is 52.7 Å². The molecule has 0 aliphatic rings. The van der Waals surface area contributed by atoms with Gasteiger partial charge in [0.25, 0.3) is 5.91 Å². The van der Waals surface area contributed by atoms with Crippen molar-refractivity contribution in [1.82, 2.24) is 14.7 Å². The molecule has 1 N–H and O–H groups in total. The van der Waals surface area contributed by atoms with Crippen LogP contribution in [-0.2, 0) is 11.3 Å². The largest absolute Gasteiger partial charge is 0.481 e. The van der Waals surface area contributed by atoms with Gasteiger partial charge in [-0.25, -0.2) is 4.98 Å². The van der Waals surface area contributed by atoms with Crippen molar-refractivity contribution in [3.05, 3.63) is 47.7 Å². The number of rotatable bonds is 6. The molecule has 3 aromatic rings. The fourth-order valence-electron chi connectivity index (χ4n) is 2.09. The molecule has 0 aliphatic carbocycles. The summed E-state index contributed by atoms with van der Waals surface area (Å²) >= 11 is 3.23. The van der Waals surface area contributed by atoms with Gasteiger partial charge >= 0.3 is 0 Å². The van der Waals surface area contributed by atoms with Crippen LogP contribution in [0.3, 0.4) is 0 Å². The molecule has 1 aromatic carbocycles. The summed E-state index contributed by atoms with van der Waals surface area (Å²) in [7, 11) is 0. The number of nitrogens with one attached hydrogen (secondary N) is 1. The quantitative estimate of drug-likeness (QED) is 0.696. The SMILES string of the molecule is CSc1ccc(O[C@H](C)C(=O)NCc2cn3ccsc3n2)cc1. The Labute approximate surface area is 142 Å². The highest BCUT2D eigenvalue weighted by Gasteiger charge is 2.15. The highest BCUT2D eigenvalue weighted by atomic mass is 32.2. The van der Waals surface area contributed by atoms with Crippen molar-refractivity contribution in [2.45, 2.75) is 24.5 Å². The number of carbonyl (C=O) groups excluding carboxylic acids is 1. The van der Waals surface area contributed by atoms with Crippen LogP contribution < -0.4 is 10.1 Å². The molecule has 120 valence electrons. The van der Waals surface area contributed by atoms with Crippen molar-refractivity contribution in [1.29, 1.82) is 0 Å². The Balaban J connectivity index is 1.53. The molecule has 7 heteroatoms. The van der Waals surface area contributed by atoms with Gasteiger partial charge in [-0.15, -0.1) is 23.1 Å². The van der Waals surface area contributed by atoms with E-state index in [0.29, 0.717) is 12.3 Å². The third-order valence-corrected chi connectivity index (χ3v) is 4.84. The Morgan fingerprint density at radius 1 is 1.43 bits per heavy atom. The number of nitrogens with zero attached hydrogens (tertiary/aromatic N) is 2. The maximum Gasteiger partial charge on any atom is 0.261 e. The summed E-state index contributed by atoms with van der Waals surface area (Å²) in [6, 6.07) is 7.70. The number of hydrogen-bond acceptors (Lipinski definition) is 5. The standard InChI is InChI=1S/C16H17N3O2S2/c1-11(21-13-3-5-14(22-2)6-4-13)15(20)17-9-12-10-19-7-8-23-16(19)18-12/h3-8,10-11H,9H2,1-2H3,(H,17,20)/t11-/m1/s1. The van der Waals surface area contributed by atoms with Crippen LogP contribution in [0.4, 0.5) is 0 Å². The van der Waals surface area contributed by atoms with Crippen LogP contribution in [0.5, 0.6) is 5.75 Å². The van der Waals surface area contributed by atoms with Crippen LogP contribution in [0, 0.1) is 0 Å². The molecule has 23 heavy (non-hydrogen) atoms. The number of hydrogen-bond donors (Lipinski definition) is 1. The summed E-state index contributed by atoms with van der Waals surface area (Å²) in [5.74, 6) is 0.531. The third kappa shape index (κ3) is 3.86. The van der Waals surface area contributed by atoms with Gasteiger partial charge in [0.1, 0.15) is 5.75 Å². The monoisotopic (exact) mass is 347 g/mol. The van der Waals surface area contributed by atoms with Crippen LogP contribution in [0.15, 0.2) is 46.9 Å². The topological polar surface area (TPSA) is 55.6 Å². The summed E-state index contributed by atoms with van der Waals surface area (Å²) < 4.78 is 7.61. The second-order valence-corrected chi connectivity index (χ2v) is 6.73. The molecule has 0 bridgehead atoms. The molecular formula is C16H17N3O2S2. The van der Waals surface area contributed by atoms with E-state index in [-0.39, 0.29) is 5.91 Å². The number of thiazole rings is 1. The highest BCUT2D eigenvalue weighted by Crippen LogP contribution is 2.19. The minimum Gasteiger partial charge on any atom is -0.481 e. The van der Waals surface area contributed by atoms with Crippen molar-refractivity contribution in [3.8, 4) is 5.75 Å². The molecule has 0 saturated carbocycles. The van der Waals surface area contributed by atoms with E-state index >= 15 is 0 Å². The predicted octanol–water partition coefficient (Wildman–Crippen LogP) is 3.20. The molecule has 2 aromatic heterocycles. The molecule has 0 aliphatic heterocycles. The Hall–Kier alpha value is -1.99. The first-order valence-electron chi connectivity index (χ1n) is 7.15. The molecule has 2 heterocycles. The molecule has 0 radical (unpaired) electrons. The molecule has 0 unspecified atom stereocenters. The minimum absolute atomic E-state index is 0.157. The molecule has 0 fully saturated rings. The van der Waals surface area contributed by atoms with Gasteiger partial charge in [0.2, 0.25) is 0 Å². The number of benzene rings is 1. The average Bonchev–Trinajstić information content (AvgIpc) is 3.14. The number of amides is 1. The lowest BCUT2D eigenvalue weighted by Gasteiger charge is -2.14. The van der Waals surface area contributed by atoms with Gasteiger partial charge < -0.3 is 10.1 Å². The predicted molar refractivity (Wildman–Crippen MR) is 93.2 cm³/mol. The van der Waals surface area contributed by atoms with Crippen LogP contribution in [0.1, 0.15) is 12.6 Å². The van der Waals surface area contributed by atoms with Crippen LogP contribution in [0.2, 0.25) is 0 Å². The van der Waals surface area contributed by atoms with Crippen molar-refractivity contribution >= 4 is 34.0 Å². The molecule has 1 atom stereocenters. The zero-order valence-electron chi connectivity index (χ0n) is 12.9. The molecule has 5 nitrogen and oxygen atoms in total. The Morgan fingerprint density at radius 3 is 2.91 bits per heavy atom. The lowest BCUT2D eigenvalue weighted by molar-refractivity contribution is -0.127. The van der Waals surface area contributed by atoms with E-state index in [0.717, 1.165) is 15.6 Å². The van der Waals surface area contributed by atoms with Gasteiger partial charge in [0.15, 0.2) is 11.1 Å². The van der Waals surface area contributed by atoms with E-state index < -0.39 is 6.10 Å². The summed E-state index contributed by atoms with van der Waals surface area (Å²) in [5, 5.41) is 4.83. The average molecular weight is 347 g/mol. The Morgan fingerprint density at radius 2 is 2.22 bits per heavy atom. The fourth-order valence-corrected chi connectivity index (χ4v) is 3.22. The number of imidazole rings is 1. The number of fused-ring (bicyclic) bond motifs is 1. The summed E-state index contributed by atoms with van der Waals surface area (Å²) in [6.45, 7) is 2.13. The number of thioether (sulfide) groups is 1. The van der Waals surface area contributed by atoms with Crippen LogP contribution in [-0.4, -0.2) is 27.7 Å². The van der Waals surface area contributed by atoms with Crippen LogP contribution >= 0.6 is 23.1 Å². The second kappa shape index (κ2) is 7.06. The van der Waals surface area contributed by atoms with Gasteiger partial charge in [-0.2, -0.15) is 0 Å². The lowest BCUT2D eigenvalue weighted by atomic mass is 10.3. The first-order valence-corrected chi connectivity index (χ1v) is 9.25. The van der Waals surface area contributed by atoms with E-state index in [9.17, 15) is 4.79 Å². The number of ether oxygens (including phenoxy) is 1. The maximum absolute atomic E-state index is 12.1. The zero-order chi connectivity index (χ0) is 16.2. The molecule has 3 rings (SSSR count).